The van der Waals surface area contributed by atoms with E-state index in [2.05, 4.69) is 45.9 Å². The summed E-state index contributed by atoms with van der Waals surface area (Å²) < 4.78 is 0. The fraction of sp³-hybridized carbons (Fsp3) is 1.00. The molecule has 0 aliphatic carbocycles. The van der Waals surface area contributed by atoms with Gasteiger partial charge in [0.05, 0.1) is 0 Å². The van der Waals surface area contributed by atoms with Gasteiger partial charge in [0.1, 0.15) is 0 Å². The Balaban J connectivity index is -0.00000000762. The van der Waals surface area contributed by atoms with Gasteiger partial charge in [-0.3, -0.25) is 0 Å². The van der Waals surface area contributed by atoms with Crippen molar-refractivity contribution in [2.24, 2.45) is 45.9 Å². The molecule has 112 valence electrons. The van der Waals surface area contributed by atoms with Crippen molar-refractivity contribution < 1.29 is 0 Å². The largest absolute Gasteiger partial charge is 0.333 e. The summed E-state index contributed by atoms with van der Waals surface area (Å²) in [5.74, 6) is 0. The molecule has 0 bridgehead atoms. The summed E-state index contributed by atoms with van der Waals surface area (Å²) >= 11 is 0. The molecule has 8 nitrogen and oxygen atoms in total. The average molecular weight is 248 g/mol. The fourth-order valence-corrected chi connectivity index (χ4v) is 0. The van der Waals surface area contributed by atoms with Gasteiger partial charge in [-0.05, 0) is 56.4 Å². The Hall–Kier alpha value is -0.320. The van der Waals surface area contributed by atoms with Gasteiger partial charge in [-0.15, -0.1) is 0 Å². The van der Waals surface area contributed by atoms with Crippen molar-refractivity contribution in [3.63, 3.8) is 0 Å². The first-order valence-corrected chi connectivity index (χ1v) is 4.62. The fourth-order valence-electron chi connectivity index (χ4n) is 0. The van der Waals surface area contributed by atoms with Gasteiger partial charge in [0.15, 0.2) is 0 Å². The predicted octanol–water partition coefficient (Wildman–Crippen LogP) is -3.40. The van der Waals surface area contributed by atoms with Crippen molar-refractivity contribution in [2.75, 3.05) is 56.4 Å². The third kappa shape index (κ3) is 21500. The molecule has 0 aromatic heterocycles. The van der Waals surface area contributed by atoms with E-state index in [4.69, 9.17) is 0 Å². The predicted molar refractivity (Wildman–Crippen MR) is 80.9 cm³/mol. The van der Waals surface area contributed by atoms with Crippen LogP contribution in [0, 0.1) is 0 Å². The molecule has 0 atom stereocenters. The highest BCUT2D eigenvalue weighted by molar-refractivity contribution is 3.55. The van der Waals surface area contributed by atoms with Crippen LogP contribution in [0.2, 0.25) is 0 Å². The van der Waals surface area contributed by atoms with Gasteiger partial charge in [0, 0.05) is 0 Å². The van der Waals surface area contributed by atoms with Gasteiger partial charge in [0.25, 0.3) is 0 Å². The highest BCUT2D eigenvalue weighted by atomic mass is 14.4. The lowest BCUT2D eigenvalue weighted by molar-refractivity contribution is 1.48. The maximum atomic E-state index is 4.50. The lowest BCUT2D eigenvalue weighted by atomic mass is 11.6. The van der Waals surface area contributed by atoms with E-state index in [9.17, 15) is 0 Å². The number of hydrogen-bond donors (Lipinski definition) is 8. The number of hydrogen-bond acceptors (Lipinski definition) is 8. The standard InChI is InChI=1S/8CH5N/c8*1-2/h8*2H2,1H3. The summed E-state index contributed by atoms with van der Waals surface area (Å²) in [6, 6.07) is 0. The first-order valence-electron chi connectivity index (χ1n) is 4.62. The molecule has 16 heavy (non-hydrogen) atoms. The molecule has 0 saturated heterocycles. The minimum Gasteiger partial charge on any atom is -0.333 e. The molecule has 16 N–H and O–H groups in total. The first-order chi connectivity index (χ1) is 8.00. The lowest BCUT2D eigenvalue weighted by Gasteiger charge is -1.19. The molecule has 0 radical (unpaired) electrons. The van der Waals surface area contributed by atoms with Crippen LogP contribution in [0.1, 0.15) is 0 Å². The molecule has 0 aromatic carbocycles. The van der Waals surface area contributed by atoms with E-state index in [0.29, 0.717) is 0 Å². The molecule has 0 heterocycles. The van der Waals surface area contributed by atoms with Crippen molar-refractivity contribution in [1.29, 1.82) is 0 Å². The van der Waals surface area contributed by atoms with Crippen LogP contribution >= 0.6 is 0 Å². The van der Waals surface area contributed by atoms with E-state index in [1.165, 1.54) is 56.4 Å². The Morgan fingerprint density at radius 1 is 0.188 bits per heavy atom. The van der Waals surface area contributed by atoms with Gasteiger partial charge in [-0.1, -0.05) is 0 Å². The van der Waals surface area contributed by atoms with Crippen LogP contribution in [0.5, 0.6) is 0 Å². The van der Waals surface area contributed by atoms with Gasteiger partial charge in [-0.25, -0.2) is 0 Å². The van der Waals surface area contributed by atoms with E-state index >= 15 is 0 Å². The van der Waals surface area contributed by atoms with Crippen molar-refractivity contribution in [1.82, 2.24) is 0 Å². The zero-order chi connectivity index (χ0) is 16.0. The summed E-state index contributed by atoms with van der Waals surface area (Å²) in [5.41, 5.74) is 36.0. The van der Waals surface area contributed by atoms with Gasteiger partial charge < -0.3 is 45.9 Å². The summed E-state index contributed by atoms with van der Waals surface area (Å²) in [5, 5.41) is 0. The highest BCUT2D eigenvalue weighted by Gasteiger charge is 0.850. The minimum absolute atomic E-state index is 1.50. The zero-order valence-corrected chi connectivity index (χ0v) is 12.6. The third-order valence-corrected chi connectivity index (χ3v) is 0. The van der Waals surface area contributed by atoms with Crippen LogP contribution in [0.3, 0.4) is 0 Å². The van der Waals surface area contributed by atoms with Crippen LogP contribution in [0.25, 0.3) is 0 Å². The van der Waals surface area contributed by atoms with E-state index in [1.807, 2.05) is 0 Å². The Morgan fingerprint density at radius 2 is 0.188 bits per heavy atom. The zero-order valence-electron chi connectivity index (χ0n) is 12.6. The Morgan fingerprint density at radius 3 is 0.188 bits per heavy atom. The molecule has 0 rings (SSSR count). The molecular formula is C8H40N8. The minimum atomic E-state index is 1.50. The highest BCUT2D eigenvalue weighted by Crippen LogP contribution is 0.482. The van der Waals surface area contributed by atoms with Gasteiger partial charge >= 0.3 is 0 Å². The molecule has 0 aliphatic heterocycles. The third-order valence-electron chi connectivity index (χ3n) is 0. The number of nitrogens with two attached hydrogens (primary N) is 8. The summed E-state index contributed by atoms with van der Waals surface area (Å²) in [4.78, 5) is 0. The molecule has 0 aliphatic rings. The first kappa shape index (κ1) is 57.3. The van der Waals surface area contributed by atoms with Crippen LogP contribution in [0.4, 0.5) is 0 Å². The quantitative estimate of drug-likeness (QED) is 0.216. The van der Waals surface area contributed by atoms with E-state index in [0.717, 1.165) is 0 Å². The van der Waals surface area contributed by atoms with Gasteiger partial charge in [0.2, 0.25) is 0 Å². The molecule has 0 saturated carbocycles. The second-order valence-electron chi connectivity index (χ2n) is 0. The van der Waals surface area contributed by atoms with Crippen molar-refractivity contribution in [2.45, 2.75) is 0 Å². The van der Waals surface area contributed by atoms with E-state index in [-0.39, 0.29) is 0 Å². The average Bonchev–Trinajstić information content (AvgIpc) is 2.54. The molecule has 0 amide bonds. The Bertz CT molecular complexity index is 16.0. The van der Waals surface area contributed by atoms with Crippen molar-refractivity contribution >= 4 is 0 Å². The SMILES string of the molecule is CN.CN.CN.CN.CN.CN.CN.CN. The molecule has 8 heteroatoms. The van der Waals surface area contributed by atoms with Crippen LogP contribution in [0.15, 0.2) is 0 Å². The molecular weight excluding hydrogens is 208 g/mol. The summed E-state index contributed by atoms with van der Waals surface area (Å²) in [7, 11) is 12.0. The topological polar surface area (TPSA) is 208 Å². The monoisotopic (exact) mass is 248 g/mol. The second kappa shape index (κ2) is 26800. The van der Waals surface area contributed by atoms with Crippen LogP contribution < -0.4 is 45.9 Å². The van der Waals surface area contributed by atoms with Crippen LogP contribution in [-0.2, 0) is 0 Å². The van der Waals surface area contributed by atoms with Crippen molar-refractivity contribution in [3.05, 3.63) is 0 Å². The Labute approximate surface area is 103 Å². The summed E-state index contributed by atoms with van der Waals surface area (Å²) in [6.45, 7) is 0. The molecule has 0 aromatic rings. The lowest BCUT2D eigenvalue weighted by Crippen LogP contribution is -1.69. The van der Waals surface area contributed by atoms with E-state index in [1.54, 1.807) is 0 Å². The maximum Gasteiger partial charge on any atom is -0.0195 e. The van der Waals surface area contributed by atoms with E-state index < -0.39 is 0 Å². The Kier molecular flexibility index (Phi) is 96100. The van der Waals surface area contributed by atoms with Crippen LogP contribution in [-0.4, -0.2) is 56.4 Å². The molecule has 0 unspecified atom stereocenters. The molecule has 0 spiro atoms. The molecule has 0 fully saturated rings. The normalized spacial score (nSPS) is 3.00. The number of rotatable bonds is 0. The maximum absolute atomic E-state index is 4.50. The smallest absolute Gasteiger partial charge is 0.0195 e. The van der Waals surface area contributed by atoms with Crippen molar-refractivity contribution in [3.8, 4) is 0 Å². The van der Waals surface area contributed by atoms with Gasteiger partial charge in [-0.2, -0.15) is 0 Å². The second-order valence-corrected chi connectivity index (χ2v) is 0. The summed E-state index contributed by atoms with van der Waals surface area (Å²) in [6.07, 6.45) is 0.